The molecule has 7 nitrogen and oxygen atoms in total. The number of hydrogen-bond donors (Lipinski definition) is 1. The molecule has 4 heterocycles. The SMILES string of the molecule is C.C.CC1(C)[C@@H]2C[C@H]3OB([C@@H](N)Cc4coc5ccccc45)O[C@@]3(C)[C@H]1C2.C[C@@H](Cc1coc2ccccc12)B1O[C@@H]2C[C@@H]3C[C@@H](C3(C)C)[C@]2(C)O1.Cl. The van der Waals surface area contributed by atoms with Gasteiger partial charge >= 0.3 is 14.2 Å². The van der Waals surface area contributed by atoms with Crippen LogP contribution < -0.4 is 5.73 Å². The summed E-state index contributed by atoms with van der Waals surface area (Å²) in [6, 6.07) is 16.3. The Morgan fingerprint density at radius 2 is 1.09 bits per heavy atom. The maximum absolute atomic E-state index is 6.61. The van der Waals surface area contributed by atoms with Crippen molar-refractivity contribution in [2.45, 2.75) is 137 Å². The third-order valence-corrected chi connectivity index (χ3v) is 14.9. The highest BCUT2D eigenvalue weighted by molar-refractivity contribution is 6.47. The largest absolute Gasteiger partial charge is 0.475 e. The van der Waals surface area contributed by atoms with Gasteiger partial charge in [-0.25, -0.2) is 0 Å². The van der Waals surface area contributed by atoms with E-state index in [9.17, 15) is 0 Å². The second-order valence-corrected chi connectivity index (χ2v) is 18.2. The minimum atomic E-state index is -0.334. The van der Waals surface area contributed by atoms with E-state index < -0.39 is 0 Å². The van der Waals surface area contributed by atoms with Gasteiger partial charge in [0.25, 0.3) is 0 Å². The fourth-order valence-corrected chi connectivity index (χ4v) is 11.4. The number of para-hydroxylation sites is 2. The molecule has 6 saturated carbocycles. The quantitative estimate of drug-likeness (QED) is 0.197. The summed E-state index contributed by atoms with van der Waals surface area (Å²) in [5.74, 6) is 2.86. The van der Waals surface area contributed by atoms with Gasteiger partial charge in [-0.15, -0.1) is 12.4 Å². The smallest absolute Gasteiger partial charge is 0.464 e. The minimum Gasteiger partial charge on any atom is -0.464 e. The molecule has 8 fully saturated rings. The zero-order valence-corrected chi connectivity index (χ0v) is 32.0. The number of halogens is 1. The van der Waals surface area contributed by atoms with E-state index in [4.69, 9.17) is 33.2 Å². The van der Waals surface area contributed by atoms with Crippen LogP contribution in [-0.2, 0) is 31.5 Å². The molecule has 2 aromatic heterocycles. The lowest BCUT2D eigenvalue weighted by Crippen LogP contribution is -2.65. The maximum atomic E-state index is 6.61. The molecule has 12 rings (SSSR count). The van der Waals surface area contributed by atoms with E-state index in [0.717, 1.165) is 53.2 Å². The lowest BCUT2D eigenvalue weighted by atomic mass is 9.43. The normalized spacial score (nSPS) is 34.9. The summed E-state index contributed by atoms with van der Waals surface area (Å²) in [5.41, 5.74) is 11.2. The molecule has 53 heavy (non-hydrogen) atoms. The fraction of sp³-hybridized carbons (Fsp3) is 0.628. The van der Waals surface area contributed by atoms with E-state index in [1.54, 1.807) is 0 Å². The van der Waals surface area contributed by atoms with Crippen LogP contribution in [0, 0.1) is 34.5 Å². The highest BCUT2D eigenvalue weighted by atomic mass is 35.5. The van der Waals surface area contributed by atoms with E-state index in [1.165, 1.54) is 23.8 Å². The highest BCUT2D eigenvalue weighted by Crippen LogP contribution is 2.67. The molecule has 0 unspecified atom stereocenters. The summed E-state index contributed by atoms with van der Waals surface area (Å²) in [4.78, 5) is 0. The van der Waals surface area contributed by atoms with Gasteiger partial charge in [0.2, 0.25) is 0 Å². The summed E-state index contributed by atoms with van der Waals surface area (Å²) in [5, 5.41) is 2.34. The first-order chi connectivity index (χ1) is 23.8. The van der Waals surface area contributed by atoms with E-state index in [1.807, 2.05) is 42.9 Å². The van der Waals surface area contributed by atoms with Crippen LogP contribution >= 0.6 is 12.4 Å². The van der Waals surface area contributed by atoms with Crippen molar-refractivity contribution >= 4 is 48.6 Å². The summed E-state index contributed by atoms with van der Waals surface area (Å²) >= 11 is 0. The van der Waals surface area contributed by atoms with Crippen LogP contribution in [0.4, 0.5) is 0 Å². The second kappa shape index (κ2) is 14.0. The van der Waals surface area contributed by atoms with E-state index in [2.05, 4.69) is 66.7 Å². The van der Waals surface area contributed by atoms with Gasteiger partial charge in [-0.3, -0.25) is 0 Å². The molecule has 8 aliphatic rings. The molecule has 0 spiro atoms. The Morgan fingerprint density at radius 3 is 1.58 bits per heavy atom. The summed E-state index contributed by atoms with van der Waals surface area (Å²) < 4.78 is 37.2. The number of rotatable bonds is 6. The number of furan rings is 2. The van der Waals surface area contributed by atoms with Crippen LogP contribution in [0.5, 0.6) is 0 Å². The van der Waals surface area contributed by atoms with Crippen LogP contribution in [0.25, 0.3) is 21.9 Å². The fourth-order valence-electron chi connectivity index (χ4n) is 11.4. The lowest BCUT2D eigenvalue weighted by Gasteiger charge is -2.64. The molecule has 2 saturated heterocycles. The third kappa shape index (κ3) is 6.15. The van der Waals surface area contributed by atoms with E-state index >= 15 is 0 Å². The van der Waals surface area contributed by atoms with Gasteiger partial charge in [-0.1, -0.05) is 85.9 Å². The number of hydrogen-bond acceptors (Lipinski definition) is 7. The number of benzene rings is 2. The molecule has 2 N–H and O–H groups in total. The first-order valence-electron chi connectivity index (χ1n) is 19.1. The molecule has 288 valence electrons. The molecule has 2 aromatic carbocycles. The van der Waals surface area contributed by atoms with Crippen LogP contribution in [0.15, 0.2) is 69.9 Å². The molecule has 4 bridgehead atoms. The van der Waals surface area contributed by atoms with Crippen LogP contribution in [-0.4, -0.2) is 43.6 Å². The van der Waals surface area contributed by atoms with Gasteiger partial charge in [0.1, 0.15) is 11.2 Å². The molecular weight excluding hydrogens is 684 g/mol. The van der Waals surface area contributed by atoms with Crippen LogP contribution in [0.3, 0.4) is 0 Å². The Balaban J connectivity index is 0.000000172. The van der Waals surface area contributed by atoms with Crippen molar-refractivity contribution in [1.29, 1.82) is 0 Å². The van der Waals surface area contributed by atoms with Gasteiger partial charge < -0.3 is 33.2 Å². The van der Waals surface area contributed by atoms with Crippen molar-refractivity contribution in [3.63, 3.8) is 0 Å². The van der Waals surface area contributed by atoms with E-state index in [-0.39, 0.29) is 70.8 Å². The lowest BCUT2D eigenvalue weighted by molar-refractivity contribution is -0.199. The maximum Gasteiger partial charge on any atom is 0.475 e. The number of fused-ring (bicyclic) bond motifs is 2. The topological polar surface area (TPSA) is 89.2 Å². The Morgan fingerprint density at radius 1 is 0.660 bits per heavy atom. The molecule has 0 amide bonds. The van der Waals surface area contributed by atoms with Crippen LogP contribution in [0.1, 0.15) is 100 Å². The molecule has 2 aliphatic heterocycles. The predicted octanol–water partition coefficient (Wildman–Crippen LogP) is 10.4. The molecule has 10 heteroatoms. The summed E-state index contributed by atoms with van der Waals surface area (Å²) in [7, 11) is -0.447. The Hall–Kier alpha value is -2.26. The second-order valence-electron chi connectivity index (χ2n) is 18.2. The van der Waals surface area contributed by atoms with Crippen LogP contribution in [0.2, 0.25) is 5.82 Å². The highest BCUT2D eigenvalue weighted by Gasteiger charge is 2.69. The predicted molar refractivity (Wildman–Crippen MR) is 218 cm³/mol. The van der Waals surface area contributed by atoms with Crippen molar-refractivity contribution in [2.24, 2.45) is 40.2 Å². The Kier molecular flexibility index (Phi) is 10.7. The third-order valence-electron chi connectivity index (χ3n) is 14.9. The molecule has 0 radical (unpaired) electrons. The first kappa shape index (κ1) is 40.4. The van der Waals surface area contributed by atoms with Crippen molar-refractivity contribution in [3.8, 4) is 0 Å². The van der Waals surface area contributed by atoms with E-state index in [0.29, 0.717) is 34.9 Å². The van der Waals surface area contributed by atoms with Gasteiger partial charge in [-0.05, 0) is 116 Å². The molecular formula is C43H62B2ClNO6. The zero-order chi connectivity index (χ0) is 34.8. The van der Waals surface area contributed by atoms with Crippen molar-refractivity contribution in [3.05, 3.63) is 72.2 Å². The monoisotopic (exact) mass is 745 g/mol. The molecule has 4 aromatic rings. The summed E-state index contributed by atoms with van der Waals surface area (Å²) in [6.45, 7) is 16.3. The van der Waals surface area contributed by atoms with Crippen molar-refractivity contribution in [1.82, 2.24) is 0 Å². The van der Waals surface area contributed by atoms with Gasteiger partial charge in [0, 0.05) is 16.7 Å². The number of nitrogens with two attached hydrogens (primary N) is 1. The minimum absolute atomic E-state index is 0. The van der Waals surface area contributed by atoms with Crippen molar-refractivity contribution < 1.29 is 27.5 Å². The Bertz CT molecular complexity index is 1780. The van der Waals surface area contributed by atoms with Crippen molar-refractivity contribution in [2.75, 3.05) is 0 Å². The first-order valence-corrected chi connectivity index (χ1v) is 19.1. The van der Waals surface area contributed by atoms with Gasteiger partial charge in [0.05, 0.1) is 35.9 Å². The molecule has 10 atom stereocenters. The standard InChI is InChI=1S/C21H27BO3.C20H26BNO3.2CH4.ClH/c1-13(9-14-12-23-17-8-6-5-7-16(14)17)22-24-19-11-15-10-18(20(15,2)3)21(19,4)25-22;1-19(2)13-9-16(19)20(3)17(10-13)24-21(25-20)18(22)8-12-11-23-15-7-5-4-6-14(12)15;;;/h5-8,12-13,15,18-19H,9-11H2,1-4H3;4-7,11,13,16-18H,8-10,22H2,1-3H3;2*1H4;1H/t13-,15-,18-,19+,21-;13-,16-,17+,18-,20-;;;/m00.../s1. The summed E-state index contributed by atoms with van der Waals surface area (Å²) in [6.07, 6.45) is 10.6. The Labute approximate surface area is 324 Å². The molecule has 6 aliphatic carbocycles. The average Bonchev–Trinajstić information content (AvgIpc) is 3.87. The van der Waals surface area contributed by atoms with Gasteiger partial charge in [-0.2, -0.15) is 0 Å². The zero-order valence-electron chi connectivity index (χ0n) is 31.2. The van der Waals surface area contributed by atoms with Gasteiger partial charge in [0.15, 0.2) is 0 Å². The average molecular weight is 746 g/mol.